The van der Waals surface area contributed by atoms with Crippen LogP contribution < -0.4 is 15.0 Å². The van der Waals surface area contributed by atoms with Gasteiger partial charge in [0, 0.05) is 33.8 Å². The zero-order valence-electron chi connectivity index (χ0n) is 24.5. The Hall–Kier alpha value is -6.34. The van der Waals surface area contributed by atoms with Crippen molar-refractivity contribution in [3.63, 3.8) is 0 Å². The summed E-state index contributed by atoms with van der Waals surface area (Å²) in [7, 11) is 0. The molecule has 0 amide bonds. The highest BCUT2D eigenvalue weighted by Gasteiger charge is 2.23. The summed E-state index contributed by atoms with van der Waals surface area (Å²) in [6, 6.07) is 48.6. The maximum absolute atomic E-state index is 6.16. The first-order valence-corrected chi connectivity index (χ1v) is 15.1. The van der Waals surface area contributed by atoms with Gasteiger partial charge in [0.05, 0.1) is 5.69 Å². The van der Waals surface area contributed by atoms with Crippen LogP contribution in [-0.4, -0.2) is 9.97 Å². The average Bonchev–Trinajstić information content (AvgIpc) is 3.86. The first-order valence-electron chi connectivity index (χ1n) is 15.1. The molecule has 9 rings (SSSR count). The second-order valence-corrected chi connectivity index (χ2v) is 11.1. The summed E-state index contributed by atoms with van der Waals surface area (Å²) in [4.78, 5) is 11.6. The standard InChI is InChI=1S/C39H26N4O3/c1-4-10-34-31(7-1)40-37(44-34)25-13-19-28(20-14-25)43(29-21-15-26(16-22-29)38-41-32-8-2-5-11-35(32)45-38)30-23-17-27(18-24-30)39-42-33-9-3-6-12-36(33)46-39/h1-24,37,40H. The normalized spacial score (nSPS) is 13.8. The molecule has 220 valence electrons. The minimum absolute atomic E-state index is 0.244. The van der Waals surface area contributed by atoms with Crippen LogP contribution in [-0.2, 0) is 0 Å². The van der Waals surface area contributed by atoms with E-state index in [-0.39, 0.29) is 6.23 Å². The van der Waals surface area contributed by atoms with Crippen molar-refractivity contribution in [2.75, 3.05) is 10.2 Å². The number of fused-ring (bicyclic) bond motifs is 3. The summed E-state index contributed by atoms with van der Waals surface area (Å²) < 4.78 is 18.2. The summed E-state index contributed by atoms with van der Waals surface area (Å²) in [5.74, 6) is 2.05. The van der Waals surface area contributed by atoms with Gasteiger partial charge < -0.3 is 23.8 Å². The first-order chi connectivity index (χ1) is 22.7. The minimum atomic E-state index is -0.244. The summed E-state index contributed by atoms with van der Waals surface area (Å²) in [6.07, 6.45) is -0.244. The van der Waals surface area contributed by atoms with Crippen LogP contribution in [0.4, 0.5) is 22.7 Å². The lowest BCUT2D eigenvalue weighted by molar-refractivity contribution is 0.260. The lowest BCUT2D eigenvalue weighted by atomic mass is 10.1. The Morgan fingerprint density at radius 3 is 1.50 bits per heavy atom. The van der Waals surface area contributed by atoms with Crippen molar-refractivity contribution in [2.45, 2.75) is 6.23 Å². The maximum Gasteiger partial charge on any atom is 0.227 e. The van der Waals surface area contributed by atoms with Gasteiger partial charge in [0.2, 0.25) is 11.8 Å². The lowest BCUT2D eigenvalue weighted by Crippen LogP contribution is -2.12. The Morgan fingerprint density at radius 2 is 0.978 bits per heavy atom. The van der Waals surface area contributed by atoms with Crippen LogP contribution in [0, 0.1) is 0 Å². The van der Waals surface area contributed by atoms with Crippen LogP contribution in [0.25, 0.3) is 45.1 Å². The minimum Gasteiger partial charge on any atom is -0.464 e. The summed E-state index contributed by atoms with van der Waals surface area (Å²) >= 11 is 0. The van der Waals surface area contributed by atoms with E-state index < -0.39 is 0 Å². The molecule has 8 aromatic rings. The molecular formula is C39H26N4O3. The molecule has 0 saturated heterocycles. The van der Waals surface area contributed by atoms with Crippen molar-refractivity contribution in [1.82, 2.24) is 9.97 Å². The number of rotatable bonds is 6. The van der Waals surface area contributed by atoms with Crippen molar-refractivity contribution in [3.8, 4) is 28.7 Å². The van der Waals surface area contributed by atoms with Crippen LogP contribution in [0.5, 0.6) is 5.75 Å². The monoisotopic (exact) mass is 598 g/mol. The Kier molecular flexibility index (Phi) is 6.06. The summed E-state index contributed by atoms with van der Waals surface area (Å²) in [5.41, 5.74) is 10.1. The van der Waals surface area contributed by atoms with Gasteiger partial charge >= 0.3 is 0 Å². The Labute approximate surface area is 264 Å². The Morgan fingerprint density at radius 1 is 0.500 bits per heavy atom. The number of anilines is 4. The number of hydrogen-bond donors (Lipinski definition) is 1. The number of hydrogen-bond acceptors (Lipinski definition) is 7. The average molecular weight is 599 g/mol. The number of oxazole rings is 2. The number of aromatic nitrogens is 2. The number of ether oxygens (including phenoxy) is 1. The van der Waals surface area contributed by atoms with Gasteiger partial charge in [-0.3, -0.25) is 0 Å². The van der Waals surface area contributed by atoms with Crippen molar-refractivity contribution in [2.24, 2.45) is 0 Å². The highest BCUT2D eigenvalue weighted by Crippen LogP contribution is 2.40. The second-order valence-electron chi connectivity index (χ2n) is 11.1. The first kappa shape index (κ1) is 26.1. The van der Waals surface area contributed by atoms with Crippen molar-refractivity contribution < 1.29 is 13.6 Å². The van der Waals surface area contributed by atoms with Crippen LogP contribution in [0.1, 0.15) is 11.8 Å². The molecule has 7 nitrogen and oxygen atoms in total. The lowest BCUT2D eigenvalue weighted by Gasteiger charge is -2.26. The van der Waals surface area contributed by atoms with Gasteiger partial charge in [0.15, 0.2) is 17.4 Å². The van der Waals surface area contributed by atoms with Gasteiger partial charge in [-0.25, -0.2) is 9.97 Å². The molecule has 0 fully saturated rings. The zero-order valence-corrected chi connectivity index (χ0v) is 24.5. The molecule has 2 aromatic heterocycles. The predicted molar refractivity (Wildman–Crippen MR) is 181 cm³/mol. The van der Waals surface area contributed by atoms with Crippen molar-refractivity contribution >= 4 is 44.9 Å². The van der Waals surface area contributed by atoms with E-state index >= 15 is 0 Å². The molecule has 3 heterocycles. The molecule has 0 aliphatic carbocycles. The van der Waals surface area contributed by atoms with Crippen LogP contribution >= 0.6 is 0 Å². The number of para-hydroxylation sites is 6. The zero-order chi connectivity index (χ0) is 30.5. The fraction of sp³-hybridized carbons (Fsp3) is 0.0256. The third-order valence-corrected chi connectivity index (χ3v) is 8.21. The van der Waals surface area contributed by atoms with E-state index in [1.807, 2.05) is 97.1 Å². The molecule has 1 aliphatic heterocycles. The third-order valence-electron chi connectivity index (χ3n) is 8.21. The molecule has 1 aliphatic rings. The highest BCUT2D eigenvalue weighted by atomic mass is 16.5. The smallest absolute Gasteiger partial charge is 0.227 e. The van der Waals surface area contributed by atoms with E-state index in [1.165, 1.54) is 0 Å². The fourth-order valence-electron chi connectivity index (χ4n) is 5.88. The molecule has 1 N–H and O–H groups in total. The van der Waals surface area contributed by atoms with Gasteiger partial charge in [-0.05, 0) is 97.1 Å². The van der Waals surface area contributed by atoms with Crippen LogP contribution in [0.3, 0.4) is 0 Å². The molecule has 0 radical (unpaired) electrons. The molecule has 0 saturated carbocycles. The predicted octanol–water partition coefficient (Wildman–Crippen LogP) is 10.3. The maximum atomic E-state index is 6.16. The third kappa shape index (κ3) is 4.62. The quantitative estimate of drug-likeness (QED) is 0.204. The van der Waals surface area contributed by atoms with Gasteiger partial charge in [0.25, 0.3) is 0 Å². The van der Waals surface area contributed by atoms with Gasteiger partial charge in [-0.1, -0.05) is 48.5 Å². The molecule has 0 spiro atoms. The van der Waals surface area contributed by atoms with Gasteiger partial charge in [0.1, 0.15) is 16.8 Å². The molecule has 0 bridgehead atoms. The largest absolute Gasteiger partial charge is 0.464 e. The number of benzene rings is 6. The molecule has 6 aromatic carbocycles. The van der Waals surface area contributed by atoms with E-state index in [0.29, 0.717) is 11.8 Å². The number of nitrogens with one attached hydrogen (secondary N) is 1. The topological polar surface area (TPSA) is 76.6 Å². The van der Waals surface area contributed by atoms with E-state index in [2.05, 4.69) is 68.7 Å². The van der Waals surface area contributed by atoms with Crippen molar-refractivity contribution in [3.05, 3.63) is 151 Å². The van der Waals surface area contributed by atoms with Crippen molar-refractivity contribution in [1.29, 1.82) is 0 Å². The SMILES string of the molecule is c1ccc2c(c1)NC(c1ccc(N(c3ccc(-c4nc5ccccc5o4)cc3)c3ccc(-c4nc5ccccc5o4)cc3)cc1)O2. The number of nitrogens with zero attached hydrogens (tertiary/aromatic N) is 3. The molecule has 1 atom stereocenters. The van der Waals surface area contributed by atoms with E-state index in [9.17, 15) is 0 Å². The van der Waals surface area contributed by atoms with Gasteiger partial charge in [-0.2, -0.15) is 0 Å². The summed E-state index contributed by atoms with van der Waals surface area (Å²) in [5, 5.41) is 3.46. The van der Waals surface area contributed by atoms with Crippen LogP contribution in [0.15, 0.2) is 154 Å². The van der Waals surface area contributed by atoms with E-state index in [0.717, 1.165) is 67.4 Å². The molecular weight excluding hydrogens is 572 g/mol. The van der Waals surface area contributed by atoms with Crippen LogP contribution in [0.2, 0.25) is 0 Å². The Balaban J connectivity index is 1.06. The summed E-state index contributed by atoms with van der Waals surface area (Å²) in [6.45, 7) is 0. The fourth-order valence-corrected chi connectivity index (χ4v) is 5.88. The van der Waals surface area contributed by atoms with E-state index in [1.54, 1.807) is 0 Å². The molecule has 7 heteroatoms. The second kappa shape index (κ2) is 10.7. The van der Waals surface area contributed by atoms with Gasteiger partial charge in [-0.15, -0.1) is 0 Å². The molecule has 1 unspecified atom stereocenters. The highest BCUT2D eigenvalue weighted by molar-refractivity contribution is 5.81. The van der Waals surface area contributed by atoms with E-state index in [4.69, 9.17) is 13.6 Å². The molecule has 46 heavy (non-hydrogen) atoms. The Bertz CT molecular complexity index is 2120.